The van der Waals surface area contributed by atoms with Gasteiger partial charge in [0, 0.05) is 6.42 Å². The molecule has 1 fully saturated rings. The van der Waals surface area contributed by atoms with Crippen LogP contribution in [0.3, 0.4) is 0 Å². The maximum absolute atomic E-state index is 13.6. The Morgan fingerprint density at radius 3 is 2.60 bits per heavy atom. The number of aryl methyl sites for hydroxylation is 2. The number of halogens is 2. The monoisotopic (exact) mass is 581 g/mol. The van der Waals surface area contributed by atoms with Crippen molar-refractivity contribution in [1.29, 1.82) is 0 Å². The molecule has 3 N–H and O–H groups in total. The van der Waals surface area contributed by atoms with Crippen molar-refractivity contribution in [3.8, 4) is 0 Å². The highest BCUT2D eigenvalue weighted by atomic mass is 35.5. The summed E-state index contributed by atoms with van der Waals surface area (Å²) in [6.07, 6.45) is 0.238. The van der Waals surface area contributed by atoms with E-state index in [-0.39, 0.29) is 39.4 Å². The molecule has 10 nitrogen and oxygen atoms in total. The second-order valence-electron chi connectivity index (χ2n) is 9.16. The van der Waals surface area contributed by atoms with E-state index >= 15 is 0 Å². The molecule has 13 heteroatoms. The summed E-state index contributed by atoms with van der Waals surface area (Å²) in [6, 6.07) is 8.93. The van der Waals surface area contributed by atoms with Gasteiger partial charge in [0.1, 0.15) is 17.7 Å². The Morgan fingerprint density at radius 2 is 1.88 bits per heavy atom. The molecule has 1 aliphatic rings. The predicted molar refractivity (Wildman–Crippen MR) is 149 cm³/mol. The first-order valence-electron chi connectivity index (χ1n) is 12.1. The molecule has 1 atom stereocenters. The normalized spacial score (nSPS) is 15.2. The molecule has 4 amide bonds. The lowest BCUT2D eigenvalue weighted by atomic mass is 10.1. The zero-order chi connectivity index (χ0) is 28.7. The number of thiophene rings is 1. The van der Waals surface area contributed by atoms with E-state index < -0.39 is 41.0 Å². The summed E-state index contributed by atoms with van der Waals surface area (Å²) in [6.45, 7) is 3.29. The summed E-state index contributed by atoms with van der Waals surface area (Å²) in [5.74, 6) is -2.36. The number of rotatable bonds is 5. The van der Waals surface area contributed by atoms with Gasteiger partial charge in [-0.1, -0.05) is 17.7 Å². The van der Waals surface area contributed by atoms with Crippen molar-refractivity contribution >= 4 is 68.2 Å². The molecule has 2 aromatic carbocycles. The fourth-order valence-electron chi connectivity index (χ4n) is 4.55. The van der Waals surface area contributed by atoms with Crippen LogP contribution in [0.5, 0.6) is 0 Å². The molecule has 1 saturated heterocycles. The van der Waals surface area contributed by atoms with Gasteiger partial charge in [0.05, 0.1) is 37.1 Å². The number of amides is 4. The minimum atomic E-state index is -0.911. The number of carbonyl (C=O) groups excluding carboxylic acids is 4. The average Bonchev–Trinajstić information content (AvgIpc) is 3.24. The lowest BCUT2D eigenvalue weighted by Crippen LogP contribution is -2.45. The van der Waals surface area contributed by atoms with Crippen molar-refractivity contribution in [2.24, 2.45) is 0 Å². The molecule has 2 aromatic heterocycles. The Balaban J connectivity index is 1.44. The van der Waals surface area contributed by atoms with Crippen LogP contribution in [0.15, 0.2) is 47.3 Å². The quantitative estimate of drug-likeness (QED) is 0.299. The Kier molecular flexibility index (Phi) is 7.21. The third kappa shape index (κ3) is 5.10. The molecule has 204 valence electrons. The van der Waals surface area contributed by atoms with Crippen molar-refractivity contribution in [3.05, 3.63) is 85.5 Å². The SMILES string of the molecule is Cc1cc(NC(=O)c2ccc(F)cc2Cl)sc1C(=O)Nc1cccc2nc(C)n(C3CCC(=O)NC3=O)c(=O)c12. The molecule has 0 radical (unpaired) electrons. The molecular weight excluding hydrogens is 561 g/mol. The fraction of sp³-hybridized carbons (Fsp3) is 0.185. The Labute approximate surface area is 235 Å². The minimum absolute atomic E-state index is 0.0495. The summed E-state index contributed by atoms with van der Waals surface area (Å²) in [5.41, 5.74) is 0.637. The van der Waals surface area contributed by atoms with Gasteiger partial charge in [0.25, 0.3) is 17.4 Å². The average molecular weight is 582 g/mol. The molecule has 0 aliphatic carbocycles. The van der Waals surface area contributed by atoms with Crippen LogP contribution in [0.2, 0.25) is 5.02 Å². The van der Waals surface area contributed by atoms with E-state index in [1.54, 1.807) is 38.1 Å². The second kappa shape index (κ2) is 10.6. The summed E-state index contributed by atoms with van der Waals surface area (Å²) < 4.78 is 14.6. The highest BCUT2D eigenvalue weighted by Gasteiger charge is 2.31. The lowest BCUT2D eigenvalue weighted by molar-refractivity contribution is -0.135. The smallest absolute Gasteiger partial charge is 0.266 e. The second-order valence-corrected chi connectivity index (χ2v) is 10.6. The largest absolute Gasteiger partial charge is 0.320 e. The van der Waals surface area contributed by atoms with Crippen molar-refractivity contribution in [2.45, 2.75) is 32.7 Å². The van der Waals surface area contributed by atoms with Crippen LogP contribution in [0.4, 0.5) is 15.1 Å². The van der Waals surface area contributed by atoms with Gasteiger partial charge in [-0.2, -0.15) is 0 Å². The summed E-state index contributed by atoms with van der Waals surface area (Å²) >= 11 is 6.99. The van der Waals surface area contributed by atoms with Crippen LogP contribution in [-0.2, 0) is 9.59 Å². The number of imide groups is 1. The van der Waals surface area contributed by atoms with Gasteiger partial charge in [-0.3, -0.25) is 33.9 Å². The molecular formula is C27H21ClFN5O5S. The zero-order valence-corrected chi connectivity index (χ0v) is 22.7. The number of hydrogen-bond acceptors (Lipinski definition) is 7. The van der Waals surface area contributed by atoms with Crippen molar-refractivity contribution in [1.82, 2.24) is 14.9 Å². The van der Waals surface area contributed by atoms with Crippen molar-refractivity contribution in [3.63, 3.8) is 0 Å². The van der Waals surface area contributed by atoms with Crippen molar-refractivity contribution in [2.75, 3.05) is 10.6 Å². The standard InChI is InChI=1S/C27H21ClFN5O5S/c1-12-10-21(33-24(36)15-7-6-14(29)11-16(15)28)40-23(12)26(38)31-18-5-3-4-17-22(18)27(39)34(13(2)30-17)19-8-9-20(35)32-25(19)37/h3-7,10-11,19H,8-9H2,1-2H3,(H,31,38)(H,33,36)(H,32,35,37). The number of nitrogens with one attached hydrogen (secondary N) is 3. The first kappa shape index (κ1) is 27.2. The van der Waals surface area contributed by atoms with Crippen molar-refractivity contribution < 1.29 is 23.6 Å². The summed E-state index contributed by atoms with van der Waals surface area (Å²) in [5, 5.41) is 8.09. The van der Waals surface area contributed by atoms with E-state index in [0.29, 0.717) is 21.9 Å². The van der Waals surface area contributed by atoms with Crippen LogP contribution in [0.25, 0.3) is 10.9 Å². The van der Waals surface area contributed by atoms with Crippen LogP contribution in [0.1, 0.15) is 50.3 Å². The Morgan fingerprint density at radius 1 is 1.10 bits per heavy atom. The van der Waals surface area contributed by atoms with Gasteiger partial charge in [-0.25, -0.2) is 9.37 Å². The van der Waals surface area contributed by atoms with Crippen LogP contribution >= 0.6 is 22.9 Å². The number of fused-ring (bicyclic) bond motifs is 1. The van der Waals surface area contributed by atoms with E-state index in [1.807, 2.05) is 0 Å². The van der Waals surface area contributed by atoms with E-state index in [9.17, 15) is 28.4 Å². The van der Waals surface area contributed by atoms with E-state index in [4.69, 9.17) is 11.6 Å². The zero-order valence-electron chi connectivity index (χ0n) is 21.1. The van der Waals surface area contributed by atoms with E-state index in [0.717, 1.165) is 23.5 Å². The summed E-state index contributed by atoms with van der Waals surface area (Å²) in [4.78, 5) is 68.4. The first-order valence-corrected chi connectivity index (χ1v) is 13.3. The molecule has 1 aliphatic heterocycles. The number of anilines is 2. The van der Waals surface area contributed by atoms with Gasteiger partial charge in [-0.15, -0.1) is 11.3 Å². The number of aromatic nitrogens is 2. The topological polar surface area (TPSA) is 139 Å². The van der Waals surface area contributed by atoms with Gasteiger partial charge in [-0.05, 0) is 62.2 Å². The fourth-order valence-corrected chi connectivity index (χ4v) is 5.77. The molecule has 40 heavy (non-hydrogen) atoms. The molecule has 0 saturated carbocycles. The third-order valence-electron chi connectivity index (χ3n) is 6.41. The number of nitrogens with zero attached hydrogens (tertiary/aromatic N) is 2. The number of piperidine rings is 1. The molecule has 0 spiro atoms. The van der Waals surface area contributed by atoms with Gasteiger partial charge in [0.15, 0.2) is 0 Å². The minimum Gasteiger partial charge on any atom is -0.320 e. The number of benzene rings is 2. The Hall–Kier alpha value is -4.42. The van der Waals surface area contributed by atoms with Gasteiger partial charge >= 0.3 is 0 Å². The highest BCUT2D eigenvalue weighted by molar-refractivity contribution is 7.18. The number of carbonyl (C=O) groups is 4. The maximum atomic E-state index is 13.6. The first-order chi connectivity index (χ1) is 19.0. The van der Waals surface area contributed by atoms with Crippen LogP contribution < -0.4 is 21.5 Å². The van der Waals surface area contributed by atoms with Crippen LogP contribution in [-0.4, -0.2) is 33.2 Å². The molecule has 4 aromatic rings. The lowest BCUT2D eigenvalue weighted by Gasteiger charge is -2.24. The molecule has 3 heterocycles. The van der Waals surface area contributed by atoms with E-state index in [1.165, 1.54) is 10.6 Å². The van der Waals surface area contributed by atoms with E-state index in [2.05, 4.69) is 20.9 Å². The molecule has 5 rings (SSSR count). The summed E-state index contributed by atoms with van der Waals surface area (Å²) in [7, 11) is 0. The highest BCUT2D eigenvalue weighted by Crippen LogP contribution is 2.30. The third-order valence-corrected chi connectivity index (χ3v) is 7.88. The van der Waals surface area contributed by atoms with Gasteiger partial charge in [0.2, 0.25) is 11.8 Å². The molecule has 0 bridgehead atoms. The predicted octanol–water partition coefficient (Wildman–Crippen LogP) is 4.35. The maximum Gasteiger partial charge on any atom is 0.266 e. The van der Waals surface area contributed by atoms with Crippen LogP contribution in [0, 0.1) is 19.7 Å². The number of hydrogen-bond donors (Lipinski definition) is 3. The molecule has 1 unspecified atom stereocenters. The Bertz CT molecular complexity index is 1800. The van der Waals surface area contributed by atoms with Gasteiger partial charge < -0.3 is 10.6 Å².